The molecule has 1 radical (unpaired) electrons. The number of nitrogens with zero attached hydrogens (tertiary/aromatic N) is 1. The van der Waals surface area contributed by atoms with Crippen molar-refractivity contribution in [3.8, 4) is 0 Å². The molecule has 1 amide bonds. The van der Waals surface area contributed by atoms with E-state index in [-0.39, 0.29) is 5.56 Å². The number of hydrogen-bond acceptors (Lipinski definition) is 3. The van der Waals surface area contributed by atoms with Crippen LogP contribution >= 0.6 is 0 Å². The molecule has 4 heteroatoms. The SMILES string of the molecule is Cc1ccc(C(=O)C([NH])=O)cn1. The average Bonchev–Trinajstić information content (AvgIpc) is 2.04. The van der Waals surface area contributed by atoms with E-state index in [1.54, 1.807) is 13.0 Å². The Labute approximate surface area is 69.4 Å². The number of carbonyl (C=O) groups excluding carboxylic acids is 2. The molecule has 0 spiro atoms. The topological polar surface area (TPSA) is 70.8 Å². The summed E-state index contributed by atoms with van der Waals surface area (Å²) in [5.74, 6) is -2.02. The molecular formula is C8H7N2O2. The van der Waals surface area contributed by atoms with Crippen molar-refractivity contribution in [1.82, 2.24) is 10.7 Å². The number of amides is 1. The van der Waals surface area contributed by atoms with Gasteiger partial charge in [-0.2, -0.15) is 0 Å². The Kier molecular flexibility index (Phi) is 2.19. The average molecular weight is 163 g/mol. The second kappa shape index (κ2) is 3.13. The normalized spacial score (nSPS) is 9.42. The minimum Gasteiger partial charge on any atom is -0.283 e. The molecule has 1 N–H and O–H groups in total. The number of nitrogens with one attached hydrogen (secondary N) is 1. The summed E-state index contributed by atoms with van der Waals surface area (Å²) < 4.78 is 0. The maximum absolute atomic E-state index is 10.9. The van der Waals surface area contributed by atoms with Crippen molar-refractivity contribution < 1.29 is 9.59 Å². The van der Waals surface area contributed by atoms with Crippen LogP contribution in [0.15, 0.2) is 18.3 Å². The van der Waals surface area contributed by atoms with Gasteiger partial charge in [-0.05, 0) is 19.1 Å². The molecule has 1 aromatic heterocycles. The van der Waals surface area contributed by atoms with Crippen molar-refractivity contribution in [2.45, 2.75) is 6.92 Å². The van der Waals surface area contributed by atoms with E-state index in [0.717, 1.165) is 5.69 Å². The van der Waals surface area contributed by atoms with Crippen LogP contribution in [0.3, 0.4) is 0 Å². The van der Waals surface area contributed by atoms with Gasteiger partial charge in [0.1, 0.15) is 0 Å². The summed E-state index contributed by atoms with van der Waals surface area (Å²) in [6, 6.07) is 3.10. The number of hydrogen-bond donors (Lipinski definition) is 0. The molecule has 4 nitrogen and oxygen atoms in total. The Morgan fingerprint density at radius 3 is 2.50 bits per heavy atom. The zero-order valence-electron chi connectivity index (χ0n) is 6.50. The number of rotatable bonds is 2. The van der Waals surface area contributed by atoms with Crippen molar-refractivity contribution in [1.29, 1.82) is 0 Å². The molecule has 1 rings (SSSR count). The maximum Gasteiger partial charge on any atom is 0.310 e. The zero-order valence-corrected chi connectivity index (χ0v) is 6.50. The van der Waals surface area contributed by atoms with Crippen LogP contribution in [0, 0.1) is 6.92 Å². The monoisotopic (exact) mass is 163 g/mol. The molecule has 0 fully saturated rings. The first kappa shape index (κ1) is 8.39. The molecule has 12 heavy (non-hydrogen) atoms. The molecule has 1 heterocycles. The van der Waals surface area contributed by atoms with Gasteiger partial charge >= 0.3 is 5.91 Å². The summed E-state index contributed by atoms with van der Waals surface area (Å²) in [5, 5.41) is 0. The standard InChI is InChI=1S/C8H7N2O2/c1-5-2-3-6(4-10-5)7(11)8(9)12/h2-4,9H,1H3. The molecule has 0 aromatic carbocycles. The highest BCUT2D eigenvalue weighted by Gasteiger charge is 2.12. The van der Waals surface area contributed by atoms with Crippen molar-refractivity contribution in [2.24, 2.45) is 0 Å². The lowest BCUT2D eigenvalue weighted by molar-refractivity contribution is -0.114. The van der Waals surface area contributed by atoms with Crippen molar-refractivity contribution in [3.05, 3.63) is 29.6 Å². The lowest BCUT2D eigenvalue weighted by Gasteiger charge is -1.94. The Morgan fingerprint density at radius 1 is 1.42 bits per heavy atom. The number of carbonyl (C=O) groups is 2. The highest BCUT2D eigenvalue weighted by molar-refractivity contribution is 6.41. The van der Waals surface area contributed by atoms with E-state index in [1.165, 1.54) is 12.3 Å². The van der Waals surface area contributed by atoms with Gasteiger partial charge in [0.15, 0.2) is 0 Å². The third kappa shape index (κ3) is 1.66. The van der Waals surface area contributed by atoms with Crippen LogP contribution in [-0.4, -0.2) is 16.7 Å². The van der Waals surface area contributed by atoms with Crippen molar-refractivity contribution in [2.75, 3.05) is 0 Å². The first-order chi connectivity index (χ1) is 5.61. The van der Waals surface area contributed by atoms with Crippen LogP contribution < -0.4 is 5.73 Å². The number of ketones is 1. The van der Waals surface area contributed by atoms with Crippen LogP contribution in [0.25, 0.3) is 0 Å². The fraction of sp³-hybridized carbons (Fsp3) is 0.125. The van der Waals surface area contributed by atoms with E-state index in [2.05, 4.69) is 4.98 Å². The molecular weight excluding hydrogens is 156 g/mol. The second-order valence-electron chi connectivity index (χ2n) is 2.35. The molecule has 0 aliphatic carbocycles. The van der Waals surface area contributed by atoms with Gasteiger partial charge in [-0.1, -0.05) is 0 Å². The molecule has 1 aromatic rings. The molecule has 0 aliphatic heterocycles. The van der Waals surface area contributed by atoms with E-state index in [4.69, 9.17) is 5.73 Å². The van der Waals surface area contributed by atoms with Gasteiger partial charge in [-0.25, -0.2) is 0 Å². The van der Waals surface area contributed by atoms with E-state index in [9.17, 15) is 9.59 Å². The zero-order chi connectivity index (χ0) is 9.14. The smallest absolute Gasteiger partial charge is 0.283 e. The number of aromatic nitrogens is 1. The van der Waals surface area contributed by atoms with E-state index < -0.39 is 11.7 Å². The van der Waals surface area contributed by atoms with Crippen LogP contribution in [-0.2, 0) is 4.79 Å². The van der Waals surface area contributed by atoms with Crippen LogP contribution in [0.2, 0.25) is 0 Å². The molecule has 61 valence electrons. The van der Waals surface area contributed by atoms with Crippen LogP contribution in [0.4, 0.5) is 0 Å². The highest BCUT2D eigenvalue weighted by atomic mass is 16.2. The van der Waals surface area contributed by atoms with E-state index in [0.29, 0.717) is 0 Å². The van der Waals surface area contributed by atoms with Gasteiger partial charge in [0, 0.05) is 17.5 Å². The van der Waals surface area contributed by atoms with Gasteiger partial charge in [0.2, 0.25) is 0 Å². The largest absolute Gasteiger partial charge is 0.310 e. The Morgan fingerprint density at radius 2 is 2.08 bits per heavy atom. The molecule has 0 saturated carbocycles. The van der Waals surface area contributed by atoms with Gasteiger partial charge < -0.3 is 0 Å². The minimum atomic E-state index is -1.21. The molecule has 0 aliphatic rings. The van der Waals surface area contributed by atoms with Crippen molar-refractivity contribution >= 4 is 11.7 Å². The summed E-state index contributed by atoms with van der Waals surface area (Å²) in [7, 11) is 0. The quantitative estimate of drug-likeness (QED) is 0.467. The first-order valence-corrected chi connectivity index (χ1v) is 3.34. The summed E-state index contributed by atoms with van der Waals surface area (Å²) in [6.45, 7) is 1.77. The Hall–Kier alpha value is -1.71. The van der Waals surface area contributed by atoms with Gasteiger partial charge in [-0.15, -0.1) is 0 Å². The molecule has 0 bridgehead atoms. The Bertz CT molecular complexity index is 316. The van der Waals surface area contributed by atoms with Gasteiger partial charge in [-0.3, -0.25) is 20.3 Å². The lowest BCUT2D eigenvalue weighted by atomic mass is 10.2. The van der Waals surface area contributed by atoms with Crippen molar-refractivity contribution in [3.63, 3.8) is 0 Å². The van der Waals surface area contributed by atoms with E-state index in [1.807, 2.05) is 0 Å². The van der Waals surface area contributed by atoms with Crippen LogP contribution in [0.1, 0.15) is 16.1 Å². The number of Topliss-reactive ketones (excluding diaryl/α,β-unsaturated/α-hetero) is 1. The predicted molar refractivity (Wildman–Crippen MR) is 41.4 cm³/mol. The molecule has 0 unspecified atom stereocenters. The predicted octanol–water partition coefficient (Wildman–Crippen LogP) is 0.382. The Balaban J connectivity index is 2.98. The first-order valence-electron chi connectivity index (χ1n) is 3.34. The number of pyridine rings is 1. The fourth-order valence-electron chi connectivity index (χ4n) is 0.733. The van der Waals surface area contributed by atoms with E-state index >= 15 is 0 Å². The lowest BCUT2D eigenvalue weighted by Crippen LogP contribution is -2.14. The third-order valence-corrected chi connectivity index (χ3v) is 1.38. The van der Waals surface area contributed by atoms with Gasteiger partial charge in [0.25, 0.3) is 5.78 Å². The summed E-state index contributed by atoms with van der Waals surface area (Å²) in [4.78, 5) is 25.0. The molecule has 0 saturated heterocycles. The summed E-state index contributed by atoms with van der Waals surface area (Å²) in [6.07, 6.45) is 1.30. The maximum atomic E-state index is 10.9. The summed E-state index contributed by atoms with van der Waals surface area (Å²) >= 11 is 0. The van der Waals surface area contributed by atoms with Crippen LogP contribution in [0.5, 0.6) is 0 Å². The minimum absolute atomic E-state index is 0.167. The third-order valence-electron chi connectivity index (χ3n) is 1.38. The number of aryl methyl sites for hydroxylation is 1. The molecule has 0 atom stereocenters. The van der Waals surface area contributed by atoms with Gasteiger partial charge in [0.05, 0.1) is 0 Å². The second-order valence-corrected chi connectivity index (χ2v) is 2.35. The summed E-state index contributed by atoms with van der Waals surface area (Å²) in [5.41, 5.74) is 7.49. The fourth-order valence-corrected chi connectivity index (χ4v) is 0.733. The highest BCUT2D eigenvalue weighted by Crippen LogP contribution is 1.99.